The lowest BCUT2D eigenvalue weighted by atomic mass is 10.0. The highest BCUT2D eigenvalue weighted by Crippen LogP contribution is 2.17. The monoisotopic (exact) mass is 648 g/mol. The molecule has 45 heavy (non-hydrogen) atoms. The van der Waals surface area contributed by atoms with Crippen molar-refractivity contribution in [1.29, 1.82) is 0 Å². The third kappa shape index (κ3) is 13.1. The third-order valence-electron chi connectivity index (χ3n) is 7.14. The Morgan fingerprint density at radius 2 is 1.58 bits per heavy atom. The Balaban J connectivity index is 2.35. The van der Waals surface area contributed by atoms with Gasteiger partial charge in [0.15, 0.2) is 0 Å². The number of esters is 1. The molecular formula is C34H50F2N4O4S. The van der Waals surface area contributed by atoms with Crippen molar-refractivity contribution in [3.05, 3.63) is 70.3 Å². The molecule has 8 nitrogen and oxygen atoms in total. The Morgan fingerprint density at radius 3 is 2.16 bits per heavy atom. The fourth-order valence-corrected chi connectivity index (χ4v) is 5.40. The molecule has 0 bridgehead atoms. The highest BCUT2D eigenvalue weighted by atomic mass is 32.2. The van der Waals surface area contributed by atoms with Gasteiger partial charge in [-0.3, -0.25) is 9.59 Å². The van der Waals surface area contributed by atoms with Gasteiger partial charge in [-0.05, 0) is 92.0 Å². The van der Waals surface area contributed by atoms with E-state index >= 15 is 0 Å². The first kappa shape index (κ1) is 38.2. The van der Waals surface area contributed by atoms with Crippen LogP contribution < -0.4 is 16.4 Å². The lowest BCUT2D eigenvalue weighted by Crippen LogP contribution is -2.52. The molecule has 0 heterocycles. The standard InChI is InChI=1S/C34H50F2N4O4S/c1-7-10-40(11-8-2)33(42)25-13-23(5)14-26(18-25)34(43)44-31(29(37)17-24-15-27(35)19-28(36)16-24)21-38-30(9-12-45-6)32(41)39-20-22(3)4/h13-16,18-19,22,29-31,38H,7-12,17,20-21,37H2,1-6H3,(H,39,41)/t29?,30-,31?/m0/s1. The first-order valence-corrected chi connectivity index (χ1v) is 17.1. The van der Waals surface area contributed by atoms with Crippen molar-refractivity contribution in [3.8, 4) is 0 Å². The van der Waals surface area contributed by atoms with E-state index in [1.54, 1.807) is 35.7 Å². The van der Waals surface area contributed by atoms with Crippen molar-refractivity contribution in [1.82, 2.24) is 15.5 Å². The van der Waals surface area contributed by atoms with Crippen LogP contribution in [0.4, 0.5) is 8.78 Å². The zero-order valence-corrected chi connectivity index (χ0v) is 28.3. The van der Waals surface area contributed by atoms with Crippen LogP contribution in [0.25, 0.3) is 0 Å². The number of nitrogens with zero attached hydrogens (tertiary/aromatic N) is 1. The maximum Gasteiger partial charge on any atom is 0.338 e. The molecule has 2 rings (SSSR count). The number of hydrogen-bond donors (Lipinski definition) is 3. The number of thioether (sulfide) groups is 1. The summed E-state index contributed by atoms with van der Waals surface area (Å²) in [6, 6.07) is 6.63. The van der Waals surface area contributed by atoms with Crippen LogP contribution in [0.5, 0.6) is 0 Å². The predicted octanol–water partition coefficient (Wildman–Crippen LogP) is 5.11. The Morgan fingerprint density at radius 1 is 0.956 bits per heavy atom. The van der Waals surface area contributed by atoms with E-state index in [0.29, 0.717) is 42.7 Å². The van der Waals surface area contributed by atoms with Crippen LogP contribution >= 0.6 is 11.8 Å². The molecule has 3 atom stereocenters. The normalized spacial score (nSPS) is 13.3. The minimum atomic E-state index is -0.963. The molecule has 2 unspecified atom stereocenters. The average Bonchev–Trinajstić information content (AvgIpc) is 2.97. The Bertz CT molecular complexity index is 1240. The molecule has 2 aromatic carbocycles. The lowest BCUT2D eigenvalue weighted by Gasteiger charge is -2.27. The summed E-state index contributed by atoms with van der Waals surface area (Å²) < 4.78 is 33.8. The van der Waals surface area contributed by atoms with Crippen molar-refractivity contribution >= 4 is 29.5 Å². The number of ether oxygens (including phenoxy) is 1. The molecule has 0 saturated heterocycles. The molecule has 0 spiro atoms. The van der Waals surface area contributed by atoms with Gasteiger partial charge in [-0.25, -0.2) is 13.6 Å². The highest BCUT2D eigenvalue weighted by molar-refractivity contribution is 7.98. The fourth-order valence-electron chi connectivity index (χ4n) is 4.93. The summed E-state index contributed by atoms with van der Waals surface area (Å²) in [6.07, 6.45) is 3.15. The van der Waals surface area contributed by atoms with Gasteiger partial charge < -0.3 is 26.0 Å². The van der Waals surface area contributed by atoms with Crippen molar-refractivity contribution in [2.75, 3.05) is 38.2 Å². The lowest BCUT2D eigenvalue weighted by molar-refractivity contribution is -0.123. The van der Waals surface area contributed by atoms with Crippen LogP contribution in [0, 0.1) is 24.5 Å². The number of aryl methyl sites for hydroxylation is 1. The van der Waals surface area contributed by atoms with Gasteiger partial charge in [-0.2, -0.15) is 11.8 Å². The van der Waals surface area contributed by atoms with Gasteiger partial charge in [0, 0.05) is 43.9 Å². The number of nitrogens with two attached hydrogens (primary N) is 1. The number of carbonyl (C=O) groups is 3. The van der Waals surface area contributed by atoms with Crippen LogP contribution in [0.2, 0.25) is 0 Å². The van der Waals surface area contributed by atoms with E-state index in [1.807, 2.05) is 34.0 Å². The van der Waals surface area contributed by atoms with E-state index in [-0.39, 0.29) is 36.3 Å². The number of benzene rings is 2. The Kier molecular flexibility index (Phi) is 16.5. The minimum Gasteiger partial charge on any atom is -0.456 e. The second-order valence-corrected chi connectivity index (χ2v) is 12.8. The maximum absolute atomic E-state index is 13.9. The highest BCUT2D eigenvalue weighted by Gasteiger charge is 2.27. The molecule has 0 fully saturated rings. The smallest absolute Gasteiger partial charge is 0.338 e. The van der Waals surface area contributed by atoms with E-state index < -0.39 is 35.8 Å². The van der Waals surface area contributed by atoms with Gasteiger partial charge in [-0.1, -0.05) is 27.7 Å². The summed E-state index contributed by atoms with van der Waals surface area (Å²) in [5.41, 5.74) is 8.13. The van der Waals surface area contributed by atoms with Gasteiger partial charge in [0.05, 0.1) is 11.6 Å². The number of halogens is 2. The van der Waals surface area contributed by atoms with Gasteiger partial charge in [-0.15, -0.1) is 0 Å². The van der Waals surface area contributed by atoms with Crippen LogP contribution in [0.1, 0.15) is 78.8 Å². The number of carbonyl (C=O) groups excluding carboxylic acids is 3. The number of nitrogens with one attached hydrogen (secondary N) is 2. The first-order valence-electron chi connectivity index (χ1n) is 15.7. The molecule has 250 valence electrons. The third-order valence-corrected chi connectivity index (χ3v) is 7.79. The Labute approximate surface area is 271 Å². The molecule has 0 aliphatic heterocycles. The van der Waals surface area contributed by atoms with Crippen molar-refractivity contribution in [2.24, 2.45) is 11.7 Å². The largest absolute Gasteiger partial charge is 0.456 e. The zero-order valence-electron chi connectivity index (χ0n) is 27.5. The molecule has 0 aliphatic carbocycles. The predicted molar refractivity (Wildman–Crippen MR) is 178 cm³/mol. The number of hydrogen-bond acceptors (Lipinski definition) is 7. The Hall–Kier alpha value is -3.02. The summed E-state index contributed by atoms with van der Waals surface area (Å²) in [6.45, 7) is 11.6. The van der Waals surface area contributed by atoms with E-state index in [0.717, 1.165) is 24.7 Å². The van der Waals surface area contributed by atoms with E-state index in [1.165, 1.54) is 18.2 Å². The molecule has 0 aliphatic rings. The molecule has 11 heteroatoms. The van der Waals surface area contributed by atoms with Gasteiger partial charge in [0.25, 0.3) is 5.91 Å². The first-order chi connectivity index (χ1) is 21.4. The van der Waals surface area contributed by atoms with Crippen LogP contribution in [0.3, 0.4) is 0 Å². The molecule has 0 aromatic heterocycles. The van der Waals surface area contributed by atoms with Crippen LogP contribution in [0.15, 0.2) is 36.4 Å². The molecule has 0 saturated carbocycles. The van der Waals surface area contributed by atoms with Crippen molar-refractivity contribution in [3.63, 3.8) is 0 Å². The zero-order chi connectivity index (χ0) is 33.5. The topological polar surface area (TPSA) is 114 Å². The fraction of sp³-hybridized carbons (Fsp3) is 0.559. The summed E-state index contributed by atoms with van der Waals surface area (Å²) in [5, 5.41) is 6.16. The summed E-state index contributed by atoms with van der Waals surface area (Å²) in [4.78, 5) is 41.6. The van der Waals surface area contributed by atoms with Crippen LogP contribution in [-0.2, 0) is 16.0 Å². The summed E-state index contributed by atoms with van der Waals surface area (Å²) in [5.74, 6) is -1.51. The van der Waals surface area contributed by atoms with E-state index in [4.69, 9.17) is 10.5 Å². The molecule has 4 N–H and O–H groups in total. The summed E-state index contributed by atoms with van der Waals surface area (Å²) in [7, 11) is 0. The maximum atomic E-state index is 13.9. The van der Waals surface area contributed by atoms with Crippen molar-refractivity contribution in [2.45, 2.75) is 78.5 Å². The summed E-state index contributed by atoms with van der Waals surface area (Å²) >= 11 is 1.61. The molecular weight excluding hydrogens is 598 g/mol. The minimum absolute atomic E-state index is 0.0177. The molecule has 0 radical (unpaired) electrons. The van der Waals surface area contributed by atoms with Gasteiger partial charge in [0.2, 0.25) is 5.91 Å². The molecule has 2 amide bonds. The average molecular weight is 649 g/mol. The number of rotatable bonds is 19. The van der Waals surface area contributed by atoms with Crippen LogP contribution in [-0.4, -0.2) is 79.1 Å². The second kappa shape index (κ2) is 19.5. The molecule has 2 aromatic rings. The van der Waals surface area contributed by atoms with E-state index in [9.17, 15) is 23.2 Å². The van der Waals surface area contributed by atoms with Crippen molar-refractivity contribution < 1.29 is 27.9 Å². The number of amides is 2. The van der Waals surface area contributed by atoms with Gasteiger partial charge in [0.1, 0.15) is 17.7 Å². The van der Waals surface area contributed by atoms with Gasteiger partial charge >= 0.3 is 5.97 Å². The SMILES string of the molecule is CCCN(CCC)C(=O)c1cc(C)cc(C(=O)OC(CN[C@@H](CCSC)C(=O)NCC(C)C)C(N)Cc2cc(F)cc(F)c2)c1. The second-order valence-electron chi connectivity index (χ2n) is 11.9. The van der Waals surface area contributed by atoms with E-state index in [2.05, 4.69) is 10.6 Å². The quantitative estimate of drug-likeness (QED) is 0.181.